The van der Waals surface area contributed by atoms with Gasteiger partial charge in [0.25, 0.3) is 0 Å². The van der Waals surface area contributed by atoms with Crippen LogP contribution >= 0.6 is 0 Å². The van der Waals surface area contributed by atoms with Crippen LogP contribution in [0, 0.1) is 0 Å². The van der Waals surface area contributed by atoms with Crippen LogP contribution in [0.2, 0.25) is 0 Å². The average molecular weight is 819 g/mol. The summed E-state index contributed by atoms with van der Waals surface area (Å²) in [4.78, 5) is 35.3. The van der Waals surface area contributed by atoms with E-state index in [1.165, 1.54) is 0 Å². The maximum absolute atomic E-state index is 11.9. The van der Waals surface area contributed by atoms with Gasteiger partial charge >= 0.3 is 11.9 Å². The van der Waals surface area contributed by atoms with Gasteiger partial charge in [0.2, 0.25) is 0 Å². The van der Waals surface area contributed by atoms with Crippen LogP contribution < -0.4 is 28.4 Å². The molecule has 0 spiro atoms. The summed E-state index contributed by atoms with van der Waals surface area (Å²) in [7, 11) is 0. The van der Waals surface area contributed by atoms with Crippen LogP contribution in [0.1, 0.15) is 54.9 Å². The monoisotopic (exact) mass is 818 g/mol. The fourth-order valence-corrected chi connectivity index (χ4v) is 7.36. The number of hydrogen-bond donors (Lipinski definition) is 2. The molecule has 10 bridgehead atoms. The van der Waals surface area contributed by atoms with E-state index in [-0.39, 0.29) is 52.9 Å². The van der Waals surface area contributed by atoms with Crippen molar-refractivity contribution in [2.75, 3.05) is 66.1 Å². The number of aldehydes is 1. The number of ether oxygens (including phenoxy) is 8. The Morgan fingerprint density at radius 3 is 1.23 bits per heavy atom. The Bertz CT molecular complexity index is 2190. The van der Waals surface area contributed by atoms with Crippen molar-refractivity contribution < 1.29 is 62.5 Å². The normalized spacial score (nSPS) is 14.7. The molecule has 2 N–H and O–H groups in total. The predicted molar refractivity (Wildman–Crippen MR) is 219 cm³/mol. The summed E-state index contributed by atoms with van der Waals surface area (Å²) >= 11 is 0. The van der Waals surface area contributed by atoms with Crippen molar-refractivity contribution in [3.05, 3.63) is 141 Å². The number of aliphatic carboxylic acids is 2. The number of carboxylic acid groups (broad SMARTS) is 2. The van der Waals surface area contributed by atoms with Crippen molar-refractivity contribution in [2.24, 2.45) is 0 Å². The van der Waals surface area contributed by atoms with Crippen molar-refractivity contribution in [1.82, 2.24) is 0 Å². The SMILES string of the molecule is O=Cc1ccc2c(c1)OCCOCCOc1c3cccc1Cc1cccc(c1OCC(=O)O)Cc1cccc(c1OCCOCCO2)Cc1cccc(c1OCC(=O)O)C3. The van der Waals surface area contributed by atoms with Gasteiger partial charge in [0, 0.05) is 31.2 Å². The number of para-hydroxylation sites is 4. The zero-order valence-corrected chi connectivity index (χ0v) is 33.0. The number of fused-ring (bicyclic) bond motifs is 12. The van der Waals surface area contributed by atoms with E-state index < -0.39 is 25.2 Å². The summed E-state index contributed by atoms with van der Waals surface area (Å²) in [5.41, 5.74) is 6.81. The number of hydrogen-bond acceptors (Lipinski definition) is 11. The topological polar surface area (TPSA) is 166 Å². The predicted octanol–water partition coefficient (Wildman–Crippen LogP) is 6.36. The molecule has 0 unspecified atom stereocenters. The van der Waals surface area contributed by atoms with Crippen LogP contribution in [-0.2, 0) is 44.7 Å². The molecule has 5 aromatic rings. The van der Waals surface area contributed by atoms with E-state index in [2.05, 4.69) is 0 Å². The molecule has 0 atom stereocenters. The molecule has 60 heavy (non-hydrogen) atoms. The lowest BCUT2D eigenvalue weighted by Crippen LogP contribution is -2.15. The highest BCUT2D eigenvalue weighted by atomic mass is 16.6. The number of carboxylic acids is 2. The van der Waals surface area contributed by atoms with Crippen LogP contribution in [0.15, 0.2) is 91.0 Å². The maximum atomic E-state index is 11.9. The number of rotatable bonds is 7. The molecule has 13 heteroatoms. The summed E-state index contributed by atoms with van der Waals surface area (Å²) < 4.78 is 49.1. The fraction of sp³-hybridized carbons (Fsp3) is 0.298. The molecule has 1 aliphatic carbocycles. The molecule has 312 valence electrons. The highest BCUT2D eigenvalue weighted by Crippen LogP contribution is 2.39. The van der Waals surface area contributed by atoms with Gasteiger partial charge in [0.1, 0.15) is 55.7 Å². The molecule has 0 aromatic heterocycles. The molecule has 8 rings (SSSR count). The van der Waals surface area contributed by atoms with Gasteiger partial charge in [-0.2, -0.15) is 0 Å². The summed E-state index contributed by atoms with van der Waals surface area (Å²) in [6.45, 7) is 0.622. The van der Waals surface area contributed by atoms with Crippen LogP contribution in [0.5, 0.6) is 34.5 Å². The smallest absolute Gasteiger partial charge is 0.341 e. The molecule has 2 heterocycles. The van der Waals surface area contributed by atoms with Crippen LogP contribution in [0.25, 0.3) is 0 Å². The first kappa shape index (κ1) is 41.6. The van der Waals surface area contributed by atoms with E-state index in [1.807, 2.05) is 72.8 Å². The van der Waals surface area contributed by atoms with E-state index in [4.69, 9.17) is 37.9 Å². The summed E-state index contributed by atoms with van der Waals surface area (Å²) in [5.74, 6) is 0.825. The quantitative estimate of drug-likeness (QED) is 0.135. The highest BCUT2D eigenvalue weighted by molar-refractivity contribution is 5.76. The third-order valence-corrected chi connectivity index (χ3v) is 9.94. The van der Waals surface area contributed by atoms with Crippen molar-refractivity contribution in [3.63, 3.8) is 0 Å². The van der Waals surface area contributed by atoms with E-state index >= 15 is 0 Å². The Morgan fingerprint density at radius 1 is 0.483 bits per heavy atom. The van der Waals surface area contributed by atoms with Gasteiger partial charge in [-0.25, -0.2) is 9.59 Å². The molecular weight excluding hydrogens is 773 g/mol. The maximum Gasteiger partial charge on any atom is 0.341 e. The molecule has 0 saturated heterocycles. The molecule has 0 amide bonds. The first-order chi connectivity index (χ1) is 29.4. The minimum atomic E-state index is -1.10. The zero-order valence-electron chi connectivity index (χ0n) is 33.0. The third kappa shape index (κ3) is 10.7. The Labute approximate surface area is 347 Å². The van der Waals surface area contributed by atoms with Gasteiger partial charge in [-0.15, -0.1) is 0 Å². The summed E-state index contributed by atoms with van der Waals surface area (Å²) in [6.07, 6.45) is 2.11. The number of carbonyl (C=O) groups excluding carboxylic acids is 1. The third-order valence-electron chi connectivity index (χ3n) is 9.94. The van der Waals surface area contributed by atoms with Crippen molar-refractivity contribution in [1.29, 1.82) is 0 Å². The number of benzene rings is 5. The van der Waals surface area contributed by atoms with Crippen LogP contribution in [0.4, 0.5) is 0 Å². The Kier molecular flexibility index (Phi) is 14.1. The molecule has 3 aliphatic rings. The van der Waals surface area contributed by atoms with Crippen LogP contribution in [0.3, 0.4) is 0 Å². The molecular formula is C47H46O13. The summed E-state index contributed by atoms with van der Waals surface area (Å²) in [5, 5.41) is 19.4. The Hall–Kier alpha value is -6.57. The molecule has 2 aliphatic heterocycles. The van der Waals surface area contributed by atoms with E-state index in [0.29, 0.717) is 65.7 Å². The van der Waals surface area contributed by atoms with Gasteiger partial charge in [-0.3, -0.25) is 4.79 Å². The molecule has 13 nitrogen and oxygen atoms in total. The van der Waals surface area contributed by atoms with Crippen LogP contribution in [-0.4, -0.2) is 94.5 Å². The van der Waals surface area contributed by atoms with Crippen molar-refractivity contribution in [3.8, 4) is 34.5 Å². The average Bonchev–Trinajstić information content (AvgIpc) is 3.23. The van der Waals surface area contributed by atoms with Gasteiger partial charge < -0.3 is 48.1 Å². The van der Waals surface area contributed by atoms with Gasteiger partial charge in [0.15, 0.2) is 24.7 Å². The second kappa shape index (κ2) is 20.4. The minimum Gasteiger partial charge on any atom is -0.491 e. The van der Waals surface area contributed by atoms with Crippen molar-refractivity contribution in [2.45, 2.75) is 25.7 Å². The zero-order chi connectivity index (χ0) is 41.7. The Morgan fingerprint density at radius 2 is 0.850 bits per heavy atom. The molecule has 5 aromatic carbocycles. The van der Waals surface area contributed by atoms with Gasteiger partial charge in [-0.05, 0) is 62.7 Å². The highest BCUT2D eigenvalue weighted by Gasteiger charge is 2.22. The second-order valence-corrected chi connectivity index (χ2v) is 14.1. The molecule has 0 fully saturated rings. The number of carbonyl (C=O) groups is 3. The Balaban J connectivity index is 1.33. The lowest BCUT2D eigenvalue weighted by Gasteiger charge is -2.22. The molecule has 0 saturated carbocycles. The lowest BCUT2D eigenvalue weighted by molar-refractivity contribution is -0.140. The molecule has 0 radical (unpaired) electrons. The van der Waals surface area contributed by atoms with E-state index in [9.17, 15) is 24.6 Å². The minimum absolute atomic E-state index is 0.182. The largest absolute Gasteiger partial charge is 0.491 e. The standard InChI is InChI=1S/C47H46O13/c48-28-31-13-14-40-41(23-31)56-20-16-54-18-22-58-45-34-7-2-8-35(45)27-39-12-4-10-37(47(39)60-30-43(51)52)25-33-6-1-5-32(44(33)57-21-17-53-15-19-55-40)24-36-9-3-11-38(26-34)46(36)59-29-42(49)50/h1-14,23,28H,15-22,24-27,29-30H2,(H,49,50)(H,51,52). The summed E-state index contributed by atoms with van der Waals surface area (Å²) in [6, 6.07) is 28.2. The first-order valence-corrected chi connectivity index (χ1v) is 19.7. The second-order valence-electron chi connectivity index (χ2n) is 14.1. The van der Waals surface area contributed by atoms with E-state index in [0.717, 1.165) is 50.8 Å². The first-order valence-electron chi connectivity index (χ1n) is 19.7. The lowest BCUT2D eigenvalue weighted by atomic mass is 9.91. The fourth-order valence-electron chi connectivity index (χ4n) is 7.36. The van der Waals surface area contributed by atoms with Gasteiger partial charge in [-0.1, -0.05) is 72.8 Å². The van der Waals surface area contributed by atoms with Gasteiger partial charge in [0.05, 0.1) is 26.4 Å². The van der Waals surface area contributed by atoms with E-state index in [1.54, 1.807) is 18.2 Å². The van der Waals surface area contributed by atoms with Crippen molar-refractivity contribution >= 4 is 18.2 Å².